The van der Waals surface area contributed by atoms with Gasteiger partial charge in [0.05, 0.1) is 6.61 Å². The number of aliphatic carboxylic acids is 1. The highest BCUT2D eigenvalue weighted by molar-refractivity contribution is 5.66. The maximum Gasteiger partial charge on any atom is 0.303 e. The van der Waals surface area contributed by atoms with Crippen LogP contribution in [0.3, 0.4) is 0 Å². The fraction of sp³-hybridized carbons (Fsp3) is 0.923. The maximum atomic E-state index is 10.4. The summed E-state index contributed by atoms with van der Waals surface area (Å²) in [4.78, 5) is 12.8. The Bertz CT molecular complexity index is 248. The third-order valence-electron chi connectivity index (χ3n) is 3.58. The predicted octanol–water partition coefficient (Wildman–Crippen LogP) is 0.676. The van der Waals surface area contributed by atoms with Gasteiger partial charge in [0.1, 0.15) is 0 Å². The smallest absolute Gasteiger partial charge is 0.303 e. The second-order valence-electron chi connectivity index (χ2n) is 5.16. The SMILES string of the molecule is C[C@@H]1CC(NCCO)CN1CCCCCC(=O)O. The number of unbranched alkanes of at least 4 members (excludes halogenated alkanes) is 2. The van der Waals surface area contributed by atoms with Gasteiger partial charge in [-0.05, 0) is 32.7 Å². The molecule has 1 unspecified atom stereocenters. The topological polar surface area (TPSA) is 72.8 Å². The number of rotatable bonds is 9. The van der Waals surface area contributed by atoms with Gasteiger partial charge in [0.15, 0.2) is 0 Å². The number of nitrogens with one attached hydrogen (secondary N) is 1. The summed E-state index contributed by atoms with van der Waals surface area (Å²) in [5, 5.41) is 20.7. The Kier molecular flexibility index (Phi) is 7.23. The molecule has 0 amide bonds. The summed E-state index contributed by atoms with van der Waals surface area (Å²) in [6.07, 6.45) is 4.27. The van der Waals surface area contributed by atoms with E-state index < -0.39 is 5.97 Å². The fourth-order valence-corrected chi connectivity index (χ4v) is 2.59. The second kappa shape index (κ2) is 8.45. The van der Waals surface area contributed by atoms with Crippen molar-refractivity contribution in [2.75, 3.05) is 26.2 Å². The lowest BCUT2D eigenvalue weighted by Gasteiger charge is -2.20. The number of aliphatic hydroxyl groups is 1. The quantitative estimate of drug-likeness (QED) is 0.530. The van der Waals surface area contributed by atoms with E-state index in [-0.39, 0.29) is 13.0 Å². The van der Waals surface area contributed by atoms with Crippen LogP contribution in [0.1, 0.15) is 39.0 Å². The first kappa shape index (κ1) is 15.4. The van der Waals surface area contributed by atoms with Gasteiger partial charge >= 0.3 is 5.97 Å². The van der Waals surface area contributed by atoms with E-state index in [1.807, 2.05) is 0 Å². The van der Waals surface area contributed by atoms with Gasteiger partial charge in [-0.3, -0.25) is 9.69 Å². The standard InChI is InChI=1S/C13H26N2O3/c1-11-9-12(14-6-8-16)10-15(11)7-4-2-3-5-13(17)18/h11-12,14,16H,2-10H2,1H3,(H,17,18)/t11-,12?/m1/s1. The van der Waals surface area contributed by atoms with Gasteiger partial charge in [-0.15, -0.1) is 0 Å². The molecule has 5 heteroatoms. The van der Waals surface area contributed by atoms with Crippen LogP contribution in [-0.2, 0) is 4.79 Å². The molecule has 18 heavy (non-hydrogen) atoms. The molecule has 0 spiro atoms. The molecular formula is C13H26N2O3. The fourth-order valence-electron chi connectivity index (χ4n) is 2.59. The summed E-state index contributed by atoms with van der Waals surface area (Å²) < 4.78 is 0. The molecule has 1 fully saturated rings. The summed E-state index contributed by atoms with van der Waals surface area (Å²) >= 11 is 0. The van der Waals surface area contributed by atoms with Crippen molar-refractivity contribution in [1.29, 1.82) is 0 Å². The zero-order valence-electron chi connectivity index (χ0n) is 11.3. The highest BCUT2D eigenvalue weighted by Gasteiger charge is 2.27. The van der Waals surface area contributed by atoms with Gasteiger partial charge in [-0.25, -0.2) is 0 Å². The molecule has 0 aliphatic carbocycles. The van der Waals surface area contributed by atoms with Crippen molar-refractivity contribution in [2.24, 2.45) is 0 Å². The Balaban J connectivity index is 2.09. The monoisotopic (exact) mass is 258 g/mol. The minimum atomic E-state index is -0.696. The zero-order chi connectivity index (χ0) is 13.4. The van der Waals surface area contributed by atoms with Crippen molar-refractivity contribution in [3.63, 3.8) is 0 Å². The van der Waals surface area contributed by atoms with Crippen molar-refractivity contribution in [1.82, 2.24) is 10.2 Å². The first-order valence-electron chi connectivity index (χ1n) is 6.93. The van der Waals surface area contributed by atoms with Crippen molar-refractivity contribution in [2.45, 2.75) is 51.1 Å². The average Bonchev–Trinajstić information content (AvgIpc) is 2.67. The van der Waals surface area contributed by atoms with Crippen LogP contribution in [0.5, 0.6) is 0 Å². The van der Waals surface area contributed by atoms with Crippen LogP contribution in [0.15, 0.2) is 0 Å². The summed E-state index contributed by atoms with van der Waals surface area (Å²) in [6.45, 7) is 5.19. The lowest BCUT2D eigenvalue weighted by molar-refractivity contribution is -0.137. The number of hydrogen-bond donors (Lipinski definition) is 3. The molecule has 3 N–H and O–H groups in total. The van der Waals surface area contributed by atoms with Crippen LogP contribution in [0.4, 0.5) is 0 Å². The number of nitrogens with zero attached hydrogens (tertiary/aromatic N) is 1. The molecular weight excluding hydrogens is 232 g/mol. The minimum absolute atomic E-state index is 0.195. The van der Waals surface area contributed by atoms with Crippen LogP contribution in [-0.4, -0.2) is 59.4 Å². The van der Waals surface area contributed by atoms with Crippen LogP contribution >= 0.6 is 0 Å². The van der Waals surface area contributed by atoms with Crippen LogP contribution < -0.4 is 5.32 Å². The molecule has 0 bridgehead atoms. The van der Waals surface area contributed by atoms with E-state index in [1.54, 1.807) is 0 Å². The van der Waals surface area contributed by atoms with Crippen molar-refractivity contribution >= 4 is 5.97 Å². The lowest BCUT2D eigenvalue weighted by Crippen LogP contribution is -2.34. The third kappa shape index (κ3) is 5.80. The first-order valence-corrected chi connectivity index (χ1v) is 6.93. The third-order valence-corrected chi connectivity index (χ3v) is 3.58. The zero-order valence-corrected chi connectivity index (χ0v) is 11.3. The van der Waals surface area contributed by atoms with E-state index in [2.05, 4.69) is 17.1 Å². The van der Waals surface area contributed by atoms with Crippen molar-refractivity contribution in [3.05, 3.63) is 0 Å². The molecule has 1 aliphatic rings. The van der Waals surface area contributed by atoms with E-state index >= 15 is 0 Å². The molecule has 1 rings (SSSR count). The van der Waals surface area contributed by atoms with Crippen LogP contribution in [0, 0.1) is 0 Å². The Morgan fingerprint density at radius 3 is 2.83 bits per heavy atom. The molecule has 0 aromatic heterocycles. The minimum Gasteiger partial charge on any atom is -0.481 e. The molecule has 2 atom stereocenters. The van der Waals surface area contributed by atoms with E-state index in [1.165, 1.54) is 0 Å². The second-order valence-corrected chi connectivity index (χ2v) is 5.16. The number of aliphatic hydroxyl groups excluding tert-OH is 1. The Labute approximate surface area is 109 Å². The van der Waals surface area contributed by atoms with Gasteiger partial charge in [0.2, 0.25) is 0 Å². The van der Waals surface area contributed by atoms with Crippen molar-refractivity contribution < 1.29 is 15.0 Å². The first-order chi connectivity index (χ1) is 8.63. The Hall–Kier alpha value is -0.650. The largest absolute Gasteiger partial charge is 0.481 e. The Morgan fingerprint density at radius 1 is 1.39 bits per heavy atom. The Morgan fingerprint density at radius 2 is 2.17 bits per heavy atom. The number of carbonyl (C=O) groups is 1. The van der Waals surface area contributed by atoms with Crippen LogP contribution in [0.2, 0.25) is 0 Å². The summed E-state index contributed by atoms with van der Waals surface area (Å²) in [6, 6.07) is 1.08. The summed E-state index contributed by atoms with van der Waals surface area (Å²) in [5.74, 6) is -0.696. The molecule has 0 saturated carbocycles. The van der Waals surface area contributed by atoms with Gasteiger partial charge in [-0.1, -0.05) is 6.42 Å². The average molecular weight is 258 g/mol. The molecule has 1 saturated heterocycles. The number of hydrogen-bond acceptors (Lipinski definition) is 4. The van der Waals surface area contributed by atoms with Gasteiger partial charge < -0.3 is 15.5 Å². The van der Waals surface area contributed by atoms with Gasteiger partial charge in [0, 0.05) is 31.6 Å². The van der Waals surface area contributed by atoms with Crippen LogP contribution in [0.25, 0.3) is 0 Å². The normalized spacial score (nSPS) is 24.6. The maximum absolute atomic E-state index is 10.4. The molecule has 106 valence electrons. The molecule has 0 aromatic rings. The number of likely N-dealkylation sites (tertiary alicyclic amines) is 1. The van der Waals surface area contributed by atoms with E-state index in [4.69, 9.17) is 10.2 Å². The molecule has 5 nitrogen and oxygen atoms in total. The lowest BCUT2D eigenvalue weighted by atomic mass is 10.2. The van der Waals surface area contributed by atoms with E-state index in [9.17, 15) is 4.79 Å². The van der Waals surface area contributed by atoms with Gasteiger partial charge in [-0.2, -0.15) is 0 Å². The molecule has 1 heterocycles. The van der Waals surface area contributed by atoms with E-state index in [0.29, 0.717) is 18.6 Å². The molecule has 0 radical (unpaired) electrons. The van der Waals surface area contributed by atoms with Gasteiger partial charge in [0.25, 0.3) is 0 Å². The number of carboxylic acid groups (broad SMARTS) is 1. The molecule has 1 aliphatic heterocycles. The molecule has 0 aromatic carbocycles. The summed E-state index contributed by atoms with van der Waals surface area (Å²) in [5.41, 5.74) is 0. The van der Waals surface area contributed by atoms with Crippen molar-refractivity contribution in [3.8, 4) is 0 Å². The predicted molar refractivity (Wildman–Crippen MR) is 70.6 cm³/mol. The number of carboxylic acids is 1. The van der Waals surface area contributed by atoms with E-state index in [0.717, 1.165) is 38.8 Å². The summed E-state index contributed by atoms with van der Waals surface area (Å²) in [7, 11) is 0. The highest BCUT2D eigenvalue weighted by Crippen LogP contribution is 2.18. The highest BCUT2D eigenvalue weighted by atomic mass is 16.4.